The van der Waals surface area contributed by atoms with Gasteiger partial charge in [0.05, 0.1) is 17.0 Å². The van der Waals surface area contributed by atoms with Crippen molar-refractivity contribution >= 4 is 46.6 Å². The molecule has 2 amide bonds. The van der Waals surface area contributed by atoms with Gasteiger partial charge in [-0.25, -0.2) is 4.79 Å². The molecular formula is C25H16ClNO6S. The van der Waals surface area contributed by atoms with Gasteiger partial charge in [0, 0.05) is 11.1 Å². The number of hydrogen-bond acceptors (Lipinski definition) is 6. The van der Waals surface area contributed by atoms with Gasteiger partial charge in [-0.2, -0.15) is 0 Å². The molecule has 2 heterocycles. The zero-order chi connectivity index (χ0) is 23.8. The van der Waals surface area contributed by atoms with Crippen LogP contribution >= 0.6 is 23.4 Å². The third-order valence-corrected chi connectivity index (χ3v) is 6.68. The highest BCUT2D eigenvalue weighted by Gasteiger charge is 2.35. The Hall–Kier alpha value is -3.75. The van der Waals surface area contributed by atoms with Gasteiger partial charge in [-0.05, 0) is 58.3 Å². The Morgan fingerprint density at radius 1 is 1.00 bits per heavy atom. The molecule has 1 saturated heterocycles. The van der Waals surface area contributed by atoms with Crippen LogP contribution in [0.25, 0.3) is 17.2 Å². The summed E-state index contributed by atoms with van der Waals surface area (Å²) in [7, 11) is 0. The highest BCUT2D eigenvalue weighted by atomic mass is 35.5. The molecule has 9 heteroatoms. The molecule has 0 saturated carbocycles. The van der Waals surface area contributed by atoms with E-state index in [-0.39, 0.29) is 24.1 Å². The Kier molecular flexibility index (Phi) is 5.77. The van der Waals surface area contributed by atoms with Gasteiger partial charge in [0.1, 0.15) is 0 Å². The van der Waals surface area contributed by atoms with Crippen LogP contribution in [0.15, 0.2) is 65.6 Å². The maximum atomic E-state index is 12.9. The van der Waals surface area contributed by atoms with E-state index in [1.54, 1.807) is 42.5 Å². The molecule has 0 radical (unpaired) electrons. The van der Waals surface area contributed by atoms with Crippen LogP contribution in [-0.4, -0.2) is 33.9 Å². The lowest BCUT2D eigenvalue weighted by Gasteiger charge is -2.14. The molecule has 5 rings (SSSR count). The fraction of sp³-hybridized carbons (Fsp3) is 0.0800. The minimum atomic E-state index is -0.975. The summed E-state index contributed by atoms with van der Waals surface area (Å²) in [6.45, 7) is 0.134. The molecule has 0 spiro atoms. The minimum Gasteiger partial charge on any atom is -0.478 e. The number of carboxylic acid groups (broad SMARTS) is 1. The number of imide groups is 1. The van der Waals surface area contributed by atoms with E-state index in [1.807, 2.05) is 24.3 Å². The van der Waals surface area contributed by atoms with Crippen molar-refractivity contribution in [3.63, 3.8) is 0 Å². The third kappa shape index (κ3) is 4.25. The second-order valence-corrected chi connectivity index (χ2v) is 8.97. The van der Waals surface area contributed by atoms with Crippen LogP contribution in [0, 0.1) is 0 Å². The van der Waals surface area contributed by atoms with E-state index >= 15 is 0 Å². The average Bonchev–Trinajstić information content (AvgIpc) is 3.39. The summed E-state index contributed by atoms with van der Waals surface area (Å²) in [5.41, 5.74) is 3.35. The van der Waals surface area contributed by atoms with Crippen LogP contribution in [0.4, 0.5) is 4.79 Å². The second-order valence-electron chi connectivity index (χ2n) is 7.57. The van der Waals surface area contributed by atoms with Gasteiger partial charge in [0.15, 0.2) is 11.5 Å². The van der Waals surface area contributed by atoms with Crippen LogP contribution in [0.3, 0.4) is 0 Å². The second kappa shape index (κ2) is 8.89. The zero-order valence-electron chi connectivity index (χ0n) is 17.5. The number of halogens is 1. The summed E-state index contributed by atoms with van der Waals surface area (Å²) in [6.07, 6.45) is 1.67. The van der Waals surface area contributed by atoms with E-state index in [9.17, 15) is 14.4 Å². The molecule has 0 unspecified atom stereocenters. The Bertz CT molecular complexity index is 1350. The molecular weight excluding hydrogens is 478 g/mol. The van der Waals surface area contributed by atoms with Gasteiger partial charge in [-0.15, -0.1) is 0 Å². The molecule has 3 aromatic carbocycles. The summed E-state index contributed by atoms with van der Waals surface area (Å²) in [4.78, 5) is 37.9. The fourth-order valence-electron chi connectivity index (χ4n) is 3.62. The van der Waals surface area contributed by atoms with Gasteiger partial charge < -0.3 is 14.6 Å². The van der Waals surface area contributed by atoms with E-state index in [0.29, 0.717) is 27.0 Å². The van der Waals surface area contributed by atoms with E-state index in [0.717, 1.165) is 33.4 Å². The molecule has 1 fully saturated rings. The van der Waals surface area contributed by atoms with Crippen molar-refractivity contribution in [1.29, 1.82) is 0 Å². The lowest BCUT2D eigenvalue weighted by atomic mass is 10.0. The molecule has 170 valence electrons. The molecule has 0 aromatic heterocycles. The smallest absolute Gasteiger partial charge is 0.335 e. The topological polar surface area (TPSA) is 93.1 Å². The fourth-order valence-corrected chi connectivity index (χ4v) is 4.67. The SMILES string of the molecule is O=C(O)c1ccc(-c2ccc(/C=C3\SC(=O)N(Cc4cc5c(cc4Cl)OCO5)C3=O)cc2)cc1. The van der Waals surface area contributed by atoms with Crippen LogP contribution < -0.4 is 9.47 Å². The predicted octanol–water partition coefficient (Wildman–Crippen LogP) is 5.67. The number of aromatic carboxylic acids is 1. The molecule has 7 nitrogen and oxygen atoms in total. The lowest BCUT2D eigenvalue weighted by molar-refractivity contribution is -0.123. The van der Waals surface area contributed by atoms with Crippen LogP contribution in [-0.2, 0) is 11.3 Å². The molecule has 0 bridgehead atoms. The van der Waals surface area contributed by atoms with Gasteiger partial charge >= 0.3 is 5.97 Å². The first kappa shape index (κ1) is 22.1. The van der Waals surface area contributed by atoms with Gasteiger partial charge in [0.2, 0.25) is 6.79 Å². The highest BCUT2D eigenvalue weighted by molar-refractivity contribution is 8.18. The number of nitrogens with zero attached hydrogens (tertiary/aromatic N) is 1. The third-order valence-electron chi connectivity index (χ3n) is 5.42. The number of fused-ring (bicyclic) bond motifs is 1. The number of carbonyl (C=O) groups excluding carboxylic acids is 2. The Balaban J connectivity index is 1.32. The molecule has 0 aliphatic carbocycles. The van der Waals surface area contributed by atoms with Crippen molar-refractivity contribution in [3.8, 4) is 22.6 Å². The zero-order valence-corrected chi connectivity index (χ0v) is 19.1. The summed E-state index contributed by atoms with van der Waals surface area (Å²) in [6, 6.07) is 17.3. The molecule has 2 aliphatic rings. The number of benzene rings is 3. The largest absolute Gasteiger partial charge is 0.478 e. The van der Waals surface area contributed by atoms with E-state index in [1.165, 1.54) is 0 Å². The van der Waals surface area contributed by atoms with Crippen molar-refractivity contribution in [2.45, 2.75) is 6.54 Å². The molecule has 34 heavy (non-hydrogen) atoms. The van der Waals surface area contributed by atoms with E-state index in [4.69, 9.17) is 26.2 Å². The summed E-state index contributed by atoms with van der Waals surface area (Å²) in [5, 5.41) is 9.04. The number of amides is 2. The molecule has 2 aliphatic heterocycles. The number of rotatable bonds is 5. The Morgan fingerprint density at radius 3 is 2.26 bits per heavy atom. The van der Waals surface area contributed by atoms with Crippen molar-refractivity contribution in [2.75, 3.05) is 6.79 Å². The summed E-state index contributed by atoms with van der Waals surface area (Å²) >= 11 is 7.18. The number of carboxylic acids is 1. The van der Waals surface area contributed by atoms with Crippen molar-refractivity contribution in [1.82, 2.24) is 4.90 Å². The first-order chi connectivity index (χ1) is 16.4. The number of hydrogen-bond donors (Lipinski definition) is 1. The average molecular weight is 494 g/mol. The van der Waals surface area contributed by atoms with E-state index in [2.05, 4.69) is 0 Å². The first-order valence-electron chi connectivity index (χ1n) is 10.2. The van der Waals surface area contributed by atoms with Crippen molar-refractivity contribution in [2.24, 2.45) is 0 Å². The maximum absolute atomic E-state index is 12.9. The van der Waals surface area contributed by atoms with Crippen molar-refractivity contribution < 1.29 is 29.0 Å². The van der Waals surface area contributed by atoms with Crippen molar-refractivity contribution in [3.05, 3.63) is 87.3 Å². The normalized spacial score (nSPS) is 15.9. The Labute approximate surface area is 203 Å². The molecule has 1 N–H and O–H groups in total. The minimum absolute atomic E-state index is 0.0305. The summed E-state index contributed by atoms with van der Waals surface area (Å²) < 4.78 is 10.6. The monoisotopic (exact) mass is 493 g/mol. The number of ether oxygens (including phenoxy) is 2. The van der Waals surface area contributed by atoms with Crippen LogP contribution in [0.2, 0.25) is 5.02 Å². The summed E-state index contributed by atoms with van der Waals surface area (Å²) in [5.74, 6) is -0.308. The number of thioether (sulfide) groups is 1. The van der Waals surface area contributed by atoms with Gasteiger partial charge in [-0.1, -0.05) is 48.0 Å². The van der Waals surface area contributed by atoms with Gasteiger partial charge in [-0.3, -0.25) is 14.5 Å². The maximum Gasteiger partial charge on any atom is 0.335 e. The molecule has 3 aromatic rings. The van der Waals surface area contributed by atoms with Gasteiger partial charge in [0.25, 0.3) is 11.1 Å². The van der Waals surface area contributed by atoms with Crippen LogP contribution in [0.5, 0.6) is 11.5 Å². The predicted molar refractivity (Wildman–Crippen MR) is 128 cm³/mol. The highest BCUT2D eigenvalue weighted by Crippen LogP contribution is 2.39. The van der Waals surface area contributed by atoms with Crippen LogP contribution in [0.1, 0.15) is 21.5 Å². The number of carbonyl (C=O) groups is 3. The quantitative estimate of drug-likeness (QED) is 0.457. The standard InChI is InChI=1S/C25H16ClNO6S/c26-19-11-21-20(32-13-33-21)10-18(19)12-27-23(28)22(34-25(27)31)9-14-1-3-15(4-2-14)16-5-7-17(8-6-16)24(29)30/h1-11H,12-13H2,(H,29,30)/b22-9-. The van der Waals surface area contributed by atoms with E-state index < -0.39 is 11.9 Å². The Morgan fingerprint density at radius 2 is 1.62 bits per heavy atom. The lowest BCUT2D eigenvalue weighted by Crippen LogP contribution is -2.27. The molecule has 0 atom stereocenters. The first-order valence-corrected chi connectivity index (χ1v) is 11.4.